The van der Waals surface area contributed by atoms with Gasteiger partial charge in [0, 0.05) is 10.2 Å². The van der Waals surface area contributed by atoms with Gasteiger partial charge in [0.2, 0.25) is 5.91 Å². The molecule has 1 amide bonds. The van der Waals surface area contributed by atoms with Gasteiger partial charge in [-0.15, -0.1) is 10.2 Å². The molecule has 0 saturated carbocycles. The number of amides is 1. The molecule has 1 aromatic heterocycles. The third-order valence-corrected chi connectivity index (χ3v) is 6.17. The van der Waals surface area contributed by atoms with Crippen LogP contribution in [0.4, 0.5) is 5.69 Å². The van der Waals surface area contributed by atoms with Crippen molar-refractivity contribution in [1.29, 1.82) is 0 Å². The van der Waals surface area contributed by atoms with E-state index < -0.39 is 0 Å². The number of carbonyl (C=O) groups is 1. The van der Waals surface area contributed by atoms with Crippen molar-refractivity contribution in [3.63, 3.8) is 0 Å². The van der Waals surface area contributed by atoms with E-state index in [1.54, 1.807) is 18.2 Å². The fraction of sp³-hybridized carbons (Fsp3) is 0.286. The van der Waals surface area contributed by atoms with Crippen LogP contribution >= 0.6 is 39.3 Å². The summed E-state index contributed by atoms with van der Waals surface area (Å²) in [4.78, 5) is 12.1. The number of anilines is 1. The Morgan fingerprint density at radius 1 is 1.27 bits per heavy atom. The number of ether oxygens (including phenoxy) is 1. The lowest BCUT2D eigenvalue weighted by Crippen LogP contribution is -2.13. The molecule has 0 atom stereocenters. The maximum Gasteiger partial charge on any atom is 0.277 e. The van der Waals surface area contributed by atoms with Crippen molar-refractivity contribution >= 4 is 50.9 Å². The molecule has 30 heavy (non-hydrogen) atoms. The molecule has 0 aliphatic heterocycles. The van der Waals surface area contributed by atoms with Crippen molar-refractivity contribution in [1.82, 2.24) is 10.2 Å². The summed E-state index contributed by atoms with van der Waals surface area (Å²) in [7, 11) is 0. The molecule has 0 saturated heterocycles. The van der Waals surface area contributed by atoms with E-state index in [2.05, 4.69) is 57.4 Å². The highest BCUT2D eigenvalue weighted by Gasteiger charge is 2.13. The second-order valence-corrected chi connectivity index (χ2v) is 9.10. The van der Waals surface area contributed by atoms with Crippen LogP contribution in [-0.4, -0.2) is 21.9 Å². The minimum Gasteiger partial charge on any atom is -0.484 e. The maximum atomic E-state index is 12.1. The number of benzene rings is 2. The molecule has 9 heteroatoms. The Labute approximate surface area is 192 Å². The fourth-order valence-corrected chi connectivity index (χ4v) is 3.64. The van der Waals surface area contributed by atoms with Gasteiger partial charge in [-0.05, 0) is 64.2 Å². The first kappa shape index (κ1) is 22.7. The number of nitrogens with one attached hydrogen (secondary N) is 1. The van der Waals surface area contributed by atoms with E-state index in [-0.39, 0.29) is 18.3 Å². The number of hydrogen-bond acceptors (Lipinski definition) is 6. The number of hydrogen-bond donors (Lipinski definition) is 1. The summed E-state index contributed by atoms with van der Waals surface area (Å²) in [6.45, 7) is 6.42. The number of thioether (sulfide) groups is 1. The molecule has 0 bridgehead atoms. The smallest absolute Gasteiger partial charge is 0.277 e. The molecule has 2 aromatic carbocycles. The largest absolute Gasteiger partial charge is 0.484 e. The predicted molar refractivity (Wildman–Crippen MR) is 122 cm³/mol. The summed E-state index contributed by atoms with van der Waals surface area (Å²) >= 11 is 10.5. The molecule has 1 heterocycles. The van der Waals surface area contributed by atoms with Crippen LogP contribution in [0.2, 0.25) is 5.02 Å². The van der Waals surface area contributed by atoms with Crippen molar-refractivity contribution in [3.8, 4) is 5.75 Å². The first-order valence-corrected chi connectivity index (χ1v) is 11.4. The zero-order valence-electron chi connectivity index (χ0n) is 16.7. The first-order valence-electron chi connectivity index (χ1n) is 9.25. The van der Waals surface area contributed by atoms with Gasteiger partial charge < -0.3 is 14.5 Å². The number of aryl methyl sites for hydroxylation is 1. The van der Waals surface area contributed by atoms with Gasteiger partial charge in [-0.3, -0.25) is 4.79 Å². The Hall–Kier alpha value is -2.03. The van der Waals surface area contributed by atoms with E-state index in [1.807, 2.05) is 13.0 Å². The van der Waals surface area contributed by atoms with Gasteiger partial charge in [-0.25, -0.2) is 0 Å². The molecule has 1 N–H and O–H groups in total. The van der Waals surface area contributed by atoms with E-state index in [9.17, 15) is 4.79 Å². The third-order valence-electron chi connectivity index (χ3n) is 4.12. The highest BCUT2D eigenvalue weighted by Crippen LogP contribution is 2.29. The number of rotatable bonds is 8. The van der Waals surface area contributed by atoms with Gasteiger partial charge in [-0.1, -0.05) is 49.3 Å². The Kier molecular flexibility index (Phi) is 7.80. The summed E-state index contributed by atoms with van der Waals surface area (Å²) in [6.07, 6.45) is 0. The molecular formula is C21H21BrClN3O3S. The van der Waals surface area contributed by atoms with Gasteiger partial charge in [0.25, 0.3) is 11.1 Å². The average Bonchev–Trinajstić information content (AvgIpc) is 3.15. The van der Waals surface area contributed by atoms with Gasteiger partial charge in [0.1, 0.15) is 5.75 Å². The SMILES string of the molecule is Cc1ccc(C(C)C)c(OCc2nnc(SCC(=O)Nc3ccc(Br)c(Cl)c3)o2)c1. The number of carbonyl (C=O) groups excluding carboxylic acids is 1. The molecule has 3 rings (SSSR count). The summed E-state index contributed by atoms with van der Waals surface area (Å²) in [5.74, 6) is 1.44. The van der Waals surface area contributed by atoms with Crippen molar-refractivity contribution in [2.75, 3.05) is 11.1 Å². The highest BCUT2D eigenvalue weighted by molar-refractivity contribution is 9.10. The minimum absolute atomic E-state index is 0.131. The van der Waals surface area contributed by atoms with Crippen LogP contribution in [-0.2, 0) is 11.4 Å². The van der Waals surface area contributed by atoms with Crippen LogP contribution in [0.3, 0.4) is 0 Å². The lowest BCUT2D eigenvalue weighted by atomic mass is 10.0. The van der Waals surface area contributed by atoms with Crippen LogP contribution in [0, 0.1) is 6.92 Å². The third kappa shape index (κ3) is 6.23. The van der Waals surface area contributed by atoms with Gasteiger partial charge in [0.15, 0.2) is 6.61 Å². The predicted octanol–water partition coefficient (Wildman–Crippen LogP) is 6.23. The Morgan fingerprint density at radius 3 is 2.80 bits per heavy atom. The number of halogens is 2. The molecule has 0 aliphatic carbocycles. The van der Waals surface area contributed by atoms with Crippen molar-refractivity contribution in [2.24, 2.45) is 0 Å². The molecule has 0 aliphatic rings. The molecule has 0 unspecified atom stereocenters. The van der Waals surface area contributed by atoms with E-state index in [0.29, 0.717) is 27.7 Å². The summed E-state index contributed by atoms with van der Waals surface area (Å²) < 4.78 is 12.2. The Bertz CT molecular complexity index is 1040. The Morgan fingerprint density at radius 2 is 2.07 bits per heavy atom. The normalized spacial score (nSPS) is 11.0. The number of aromatic nitrogens is 2. The number of nitrogens with zero attached hydrogens (tertiary/aromatic N) is 2. The van der Waals surface area contributed by atoms with Crippen LogP contribution in [0.15, 0.2) is 50.5 Å². The fourth-order valence-electron chi connectivity index (χ4n) is 2.64. The quantitative estimate of drug-likeness (QED) is 0.362. The van der Waals surface area contributed by atoms with Gasteiger partial charge in [0.05, 0.1) is 10.8 Å². The lowest BCUT2D eigenvalue weighted by Gasteiger charge is -2.13. The highest BCUT2D eigenvalue weighted by atomic mass is 79.9. The van der Waals surface area contributed by atoms with E-state index in [4.69, 9.17) is 20.8 Å². The second-order valence-electron chi connectivity index (χ2n) is 6.91. The molecule has 6 nitrogen and oxygen atoms in total. The monoisotopic (exact) mass is 509 g/mol. The first-order chi connectivity index (χ1) is 14.3. The van der Waals surface area contributed by atoms with Crippen molar-refractivity contribution in [2.45, 2.75) is 38.5 Å². The molecule has 0 spiro atoms. The topological polar surface area (TPSA) is 77.2 Å². The lowest BCUT2D eigenvalue weighted by molar-refractivity contribution is -0.113. The molecule has 0 fully saturated rings. The van der Waals surface area contributed by atoms with Crippen LogP contribution in [0.5, 0.6) is 5.75 Å². The van der Waals surface area contributed by atoms with Crippen molar-refractivity contribution < 1.29 is 13.9 Å². The maximum absolute atomic E-state index is 12.1. The van der Waals surface area contributed by atoms with Crippen LogP contribution in [0.25, 0.3) is 0 Å². The molecular weight excluding hydrogens is 490 g/mol. The second kappa shape index (κ2) is 10.3. The molecule has 0 radical (unpaired) electrons. The molecule has 3 aromatic rings. The van der Waals surface area contributed by atoms with Gasteiger partial charge in [-0.2, -0.15) is 0 Å². The summed E-state index contributed by atoms with van der Waals surface area (Å²) in [5.41, 5.74) is 2.86. The Balaban J connectivity index is 1.52. The average molecular weight is 511 g/mol. The standard InChI is InChI=1S/C21H21BrClN3O3S/c1-12(2)15-6-4-13(3)8-18(15)28-10-20-25-26-21(29-20)30-11-19(27)24-14-5-7-16(22)17(23)9-14/h4-9,12H,10-11H2,1-3H3,(H,24,27). The van der Waals surface area contributed by atoms with E-state index >= 15 is 0 Å². The van der Waals surface area contributed by atoms with Crippen LogP contribution in [0.1, 0.15) is 36.8 Å². The van der Waals surface area contributed by atoms with E-state index in [0.717, 1.165) is 33.1 Å². The summed E-state index contributed by atoms with van der Waals surface area (Å²) in [6, 6.07) is 11.3. The summed E-state index contributed by atoms with van der Waals surface area (Å²) in [5, 5.41) is 11.6. The molecule has 158 valence electrons. The zero-order chi connectivity index (χ0) is 21.7. The van der Waals surface area contributed by atoms with Gasteiger partial charge >= 0.3 is 0 Å². The zero-order valence-corrected chi connectivity index (χ0v) is 19.9. The van der Waals surface area contributed by atoms with E-state index in [1.165, 1.54) is 0 Å². The van der Waals surface area contributed by atoms with Crippen molar-refractivity contribution in [3.05, 3.63) is 62.9 Å². The van der Waals surface area contributed by atoms with Crippen LogP contribution < -0.4 is 10.1 Å². The minimum atomic E-state index is -0.198.